The minimum atomic E-state index is -1.01. The molecule has 0 saturated heterocycles. The molecule has 20 heavy (non-hydrogen) atoms. The molecule has 0 fully saturated rings. The van der Waals surface area contributed by atoms with Crippen LogP contribution in [0.5, 0.6) is 0 Å². The topological polar surface area (TPSA) is 108 Å². The summed E-state index contributed by atoms with van der Waals surface area (Å²) in [6.07, 6.45) is 0. The molecule has 0 aliphatic heterocycles. The van der Waals surface area contributed by atoms with E-state index in [1.807, 2.05) is 0 Å². The summed E-state index contributed by atoms with van der Waals surface area (Å²) in [5, 5.41) is 14.1. The Morgan fingerprint density at radius 1 is 1.30 bits per heavy atom. The number of carboxylic acids is 1. The highest BCUT2D eigenvalue weighted by molar-refractivity contribution is 8.01. The Bertz CT molecular complexity index is 516. The van der Waals surface area contributed by atoms with Gasteiger partial charge in [-0.1, -0.05) is 11.8 Å². The van der Waals surface area contributed by atoms with E-state index in [-0.39, 0.29) is 22.4 Å². The molecule has 1 aromatic heterocycles. The maximum Gasteiger partial charge on any atom is 0.347 e. The van der Waals surface area contributed by atoms with E-state index < -0.39 is 5.97 Å². The molecule has 0 saturated carbocycles. The fourth-order valence-corrected chi connectivity index (χ4v) is 3.11. The first kappa shape index (κ1) is 16.4. The van der Waals surface area contributed by atoms with Gasteiger partial charge in [-0.05, 0) is 6.92 Å². The third kappa shape index (κ3) is 5.57. The van der Waals surface area contributed by atoms with Crippen LogP contribution in [0.1, 0.15) is 22.3 Å². The smallest absolute Gasteiger partial charge is 0.347 e. The van der Waals surface area contributed by atoms with Crippen LogP contribution in [0.15, 0.2) is 4.34 Å². The van der Waals surface area contributed by atoms with E-state index in [4.69, 9.17) is 5.11 Å². The number of carbonyl (C=O) groups is 3. The zero-order chi connectivity index (χ0) is 15.1. The molecular weight excluding hydrogens is 302 g/mol. The van der Waals surface area contributed by atoms with Crippen LogP contribution in [-0.2, 0) is 9.59 Å². The monoisotopic (exact) mass is 317 g/mol. The highest BCUT2D eigenvalue weighted by Gasteiger charge is 2.14. The van der Waals surface area contributed by atoms with Crippen LogP contribution in [0.3, 0.4) is 0 Å². The van der Waals surface area contributed by atoms with Crippen LogP contribution in [0.4, 0.5) is 0 Å². The molecule has 110 valence electrons. The van der Waals surface area contributed by atoms with Gasteiger partial charge in [-0.25, -0.2) is 9.78 Å². The van der Waals surface area contributed by atoms with E-state index in [0.717, 1.165) is 11.3 Å². The highest BCUT2D eigenvalue weighted by atomic mass is 32.2. The lowest BCUT2D eigenvalue weighted by atomic mass is 10.4. The van der Waals surface area contributed by atoms with Crippen LogP contribution in [0, 0.1) is 6.92 Å². The predicted molar refractivity (Wildman–Crippen MR) is 76.2 cm³/mol. The zero-order valence-electron chi connectivity index (χ0n) is 11.1. The molecule has 3 N–H and O–H groups in total. The van der Waals surface area contributed by atoms with Gasteiger partial charge in [0.1, 0.15) is 4.88 Å². The number of carboxylic acid groups (broad SMARTS) is 1. The third-order valence-electron chi connectivity index (χ3n) is 2.12. The summed E-state index contributed by atoms with van der Waals surface area (Å²) in [7, 11) is 0. The Balaban J connectivity index is 2.32. The molecule has 7 nitrogen and oxygen atoms in total. The Morgan fingerprint density at radius 3 is 2.50 bits per heavy atom. The fourth-order valence-electron chi connectivity index (χ4n) is 1.25. The van der Waals surface area contributed by atoms with Crippen molar-refractivity contribution in [1.82, 2.24) is 15.6 Å². The van der Waals surface area contributed by atoms with Gasteiger partial charge in [0.25, 0.3) is 0 Å². The van der Waals surface area contributed by atoms with Crippen molar-refractivity contribution in [2.45, 2.75) is 18.2 Å². The molecule has 0 aromatic carbocycles. The molecule has 0 aliphatic carbocycles. The van der Waals surface area contributed by atoms with Gasteiger partial charge in [0, 0.05) is 20.0 Å². The average molecular weight is 317 g/mol. The average Bonchev–Trinajstić information content (AvgIpc) is 2.73. The Morgan fingerprint density at radius 2 is 1.95 bits per heavy atom. The lowest BCUT2D eigenvalue weighted by Crippen LogP contribution is -2.34. The van der Waals surface area contributed by atoms with E-state index >= 15 is 0 Å². The largest absolute Gasteiger partial charge is 0.477 e. The van der Waals surface area contributed by atoms with Gasteiger partial charge >= 0.3 is 5.97 Å². The number of amides is 2. The number of rotatable bonds is 7. The highest BCUT2D eigenvalue weighted by Crippen LogP contribution is 2.26. The van der Waals surface area contributed by atoms with Crippen molar-refractivity contribution < 1.29 is 19.5 Å². The number of nitrogens with zero attached hydrogens (tertiary/aromatic N) is 1. The minimum Gasteiger partial charge on any atom is -0.477 e. The van der Waals surface area contributed by atoms with Crippen LogP contribution in [-0.4, -0.2) is 46.7 Å². The summed E-state index contributed by atoms with van der Waals surface area (Å²) in [6, 6.07) is 0. The molecule has 9 heteroatoms. The first-order valence-corrected chi connectivity index (χ1v) is 7.55. The molecule has 0 spiro atoms. The van der Waals surface area contributed by atoms with Crippen molar-refractivity contribution in [3.8, 4) is 0 Å². The van der Waals surface area contributed by atoms with Crippen molar-refractivity contribution in [2.75, 3.05) is 18.8 Å². The van der Waals surface area contributed by atoms with Gasteiger partial charge in [0.05, 0.1) is 11.4 Å². The summed E-state index contributed by atoms with van der Waals surface area (Å²) < 4.78 is 0.553. The first-order chi connectivity index (χ1) is 9.40. The number of hydrogen-bond donors (Lipinski definition) is 3. The number of thioether (sulfide) groups is 1. The van der Waals surface area contributed by atoms with E-state index in [1.165, 1.54) is 18.7 Å². The molecule has 1 aromatic rings. The van der Waals surface area contributed by atoms with Crippen molar-refractivity contribution >= 4 is 40.9 Å². The minimum absolute atomic E-state index is 0.145. The lowest BCUT2D eigenvalue weighted by Gasteiger charge is -2.04. The van der Waals surface area contributed by atoms with Gasteiger partial charge in [0.2, 0.25) is 11.8 Å². The number of aromatic nitrogens is 1. The Kier molecular flexibility index (Phi) is 6.46. The maximum absolute atomic E-state index is 11.5. The van der Waals surface area contributed by atoms with Crippen LogP contribution < -0.4 is 10.6 Å². The van der Waals surface area contributed by atoms with Gasteiger partial charge in [-0.3, -0.25) is 9.59 Å². The van der Waals surface area contributed by atoms with Gasteiger partial charge in [-0.2, -0.15) is 0 Å². The fraction of sp³-hybridized carbons (Fsp3) is 0.455. The van der Waals surface area contributed by atoms with Gasteiger partial charge in [-0.15, -0.1) is 11.3 Å². The van der Waals surface area contributed by atoms with Crippen LogP contribution in [0.2, 0.25) is 0 Å². The van der Waals surface area contributed by atoms with E-state index in [1.54, 1.807) is 6.92 Å². The molecule has 0 radical (unpaired) electrons. The summed E-state index contributed by atoms with van der Waals surface area (Å²) in [5.41, 5.74) is 0.455. The maximum atomic E-state index is 11.5. The van der Waals surface area contributed by atoms with Crippen molar-refractivity contribution in [3.63, 3.8) is 0 Å². The van der Waals surface area contributed by atoms with Crippen LogP contribution >= 0.6 is 23.1 Å². The Hall–Kier alpha value is -1.61. The van der Waals surface area contributed by atoms with Gasteiger partial charge in [0.15, 0.2) is 4.34 Å². The molecule has 1 rings (SSSR count). The second-order valence-corrected chi connectivity index (χ2v) is 6.04. The van der Waals surface area contributed by atoms with E-state index in [0.29, 0.717) is 23.1 Å². The number of aryl methyl sites for hydroxylation is 1. The third-order valence-corrected chi connectivity index (χ3v) is 4.41. The zero-order valence-corrected chi connectivity index (χ0v) is 12.7. The standard InChI is InChI=1S/C11H15N3O4S2/c1-6-9(10(17)18)20-11(14-6)19-5-8(16)13-4-3-12-7(2)15/h3-5H2,1-2H3,(H,12,15)(H,13,16)(H,17,18). The lowest BCUT2D eigenvalue weighted by molar-refractivity contribution is -0.120. The quantitative estimate of drug-likeness (QED) is 0.499. The number of hydrogen-bond acceptors (Lipinski definition) is 6. The van der Waals surface area contributed by atoms with Crippen molar-refractivity contribution in [3.05, 3.63) is 10.6 Å². The predicted octanol–water partition coefficient (Wildman–Crippen LogP) is 0.494. The number of aromatic carboxylic acids is 1. The first-order valence-electron chi connectivity index (χ1n) is 5.74. The van der Waals surface area contributed by atoms with Crippen molar-refractivity contribution in [1.29, 1.82) is 0 Å². The second-order valence-electron chi connectivity index (χ2n) is 3.82. The van der Waals surface area contributed by atoms with E-state index in [9.17, 15) is 14.4 Å². The second kappa shape index (κ2) is 7.85. The molecule has 0 bridgehead atoms. The number of nitrogens with one attached hydrogen (secondary N) is 2. The SMILES string of the molecule is CC(=O)NCCNC(=O)CSc1nc(C)c(C(=O)O)s1. The van der Waals surface area contributed by atoms with Crippen molar-refractivity contribution in [2.24, 2.45) is 0 Å². The molecule has 1 heterocycles. The van der Waals surface area contributed by atoms with Crippen LogP contribution in [0.25, 0.3) is 0 Å². The molecule has 0 aliphatic rings. The van der Waals surface area contributed by atoms with E-state index in [2.05, 4.69) is 15.6 Å². The number of carbonyl (C=O) groups excluding carboxylic acids is 2. The van der Waals surface area contributed by atoms with Gasteiger partial charge < -0.3 is 15.7 Å². The number of thiazole rings is 1. The molecule has 2 amide bonds. The molecular formula is C11H15N3O4S2. The normalized spacial score (nSPS) is 10.1. The summed E-state index contributed by atoms with van der Waals surface area (Å²) in [6.45, 7) is 3.77. The molecule has 0 atom stereocenters. The molecule has 0 unspecified atom stereocenters. The summed E-state index contributed by atoms with van der Waals surface area (Å²) in [4.78, 5) is 37.2. The Labute approximate surface area is 124 Å². The summed E-state index contributed by atoms with van der Waals surface area (Å²) in [5.74, 6) is -1.18. The summed E-state index contributed by atoms with van der Waals surface area (Å²) >= 11 is 2.25.